The second-order valence-corrected chi connectivity index (χ2v) is 5.28. The van der Waals surface area contributed by atoms with Crippen molar-refractivity contribution in [3.63, 3.8) is 0 Å². The highest BCUT2D eigenvalue weighted by atomic mass is 16.5. The molecule has 0 aromatic heterocycles. The average molecular weight is 337 g/mol. The van der Waals surface area contributed by atoms with Crippen molar-refractivity contribution in [1.82, 2.24) is 0 Å². The number of ether oxygens (including phenoxy) is 3. The Kier molecular flexibility index (Phi) is 6.76. The second-order valence-electron chi connectivity index (χ2n) is 5.28. The maximum absolute atomic E-state index is 12.0. The summed E-state index contributed by atoms with van der Waals surface area (Å²) >= 11 is 0. The molecule has 0 aliphatic rings. The molecular formula is C17H23NO6. The fourth-order valence-electron chi connectivity index (χ4n) is 2.37. The van der Waals surface area contributed by atoms with Gasteiger partial charge < -0.3 is 19.1 Å². The number of hydrogen-bond donors (Lipinski definition) is 0. The largest absolute Gasteiger partial charge is 0.496 e. The van der Waals surface area contributed by atoms with E-state index in [0.717, 1.165) is 0 Å². The van der Waals surface area contributed by atoms with Crippen LogP contribution in [0.25, 0.3) is 0 Å². The third kappa shape index (κ3) is 4.71. The van der Waals surface area contributed by atoms with Crippen molar-refractivity contribution in [1.29, 1.82) is 0 Å². The van der Waals surface area contributed by atoms with Gasteiger partial charge in [0.05, 0.1) is 19.3 Å². The molecule has 0 saturated heterocycles. The summed E-state index contributed by atoms with van der Waals surface area (Å²) in [5, 5.41) is 0. The average Bonchev–Trinajstić information content (AvgIpc) is 2.48. The van der Waals surface area contributed by atoms with E-state index in [0.29, 0.717) is 28.3 Å². The molecule has 0 spiro atoms. The maximum atomic E-state index is 12.0. The van der Waals surface area contributed by atoms with Crippen molar-refractivity contribution in [2.75, 3.05) is 25.2 Å². The van der Waals surface area contributed by atoms with E-state index in [-0.39, 0.29) is 19.1 Å². The van der Waals surface area contributed by atoms with E-state index < -0.39 is 11.9 Å². The minimum absolute atomic E-state index is 0.0629. The number of methoxy groups -OCH3 is 1. The molecule has 24 heavy (non-hydrogen) atoms. The van der Waals surface area contributed by atoms with Gasteiger partial charge in [-0.1, -0.05) is 0 Å². The van der Waals surface area contributed by atoms with E-state index in [1.54, 1.807) is 19.9 Å². The third-order valence-electron chi connectivity index (χ3n) is 3.46. The first-order valence-corrected chi connectivity index (χ1v) is 7.47. The summed E-state index contributed by atoms with van der Waals surface area (Å²) in [5.41, 5.74) is 1.83. The zero-order valence-corrected chi connectivity index (χ0v) is 14.9. The molecule has 0 N–H and O–H groups in total. The molecule has 0 radical (unpaired) electrons. The Morgan fingerprint density at radius 3 is 2.12 bits per heavy atom. The Hall–Kier alpha value is -2.57. The number of esters is 2. The van der Waals surface area contributed by atoms with Crippen LogP contribution in [0.3, 0.4) is 0 Å². The van der Waals surface area contributed by atoms with Crippen molar-refractivity contribution in [2.24, 2.45) is 0 Å². The molecule has 0 bridgehead atoms. The lowest BCUT2D eigenvalue weighted by atomic mass is 10.1. The van der Waals surface area contributed by atoms with Crippen LogP contribution in [0.1, 0.15) is 31.9 Å². The van der Waals surface area contributed by atoms with Crippen LogP contribution in [-0.2, 0) is 19.1 Å². The number of benzene rings is 1. The molecule has 7 heteroatoms. The zero-order valence-electron chi connectivity index (χ0n) is 14.9. The summed E-state index contributed by atoms with van der Waals surface area (Å²) in [6.07, 6.45) is 0. The van der Waals surface area contributed by atoms with Gasteiger partial charge in [-0.05, 0) is 13.8 Å². The lowest BCUT2D eigenvalue weighted by molar-refractivity contribution is -0.141. The summed E-state index contributed by atoms with van der Waals surface area (Å²) in [5.74, 6) is -0.266. The standard InChI is InChI=1S/C17H23NO6/c1-10-15(18(12(3)19)7-8-23-13(4)20)9-16(22-6)11(2)17(10)24-14(5)21/h9H,7-8H2,1-6H3. The van der Waals surface area contributed by atoms with E-state index >= 15 is 0 Å². The number of hydrogen-bond acceptors (Lipinski definition) is 6. The summed E-state index contributed by atoms with van der Waals surface area (Å²) in [6.45, 7) is 7.78. The van der Waals surface area contributed by atoms with Gasteiger partial charge in [-0.15, -0.1) is 0 Å². The van der Waals surface area contributed by atoms with Crippen LogP contribution >= 0.6 is 0 Å². The van der Waals surface area contributed by atoms with Gasteiger partial charge >= 0.3 is 11.9 Å². The molecule has 7 nitrogen and oxygen atoms in total. The van der Waals surface area contributed by atoms with E-state index in [4.69, 9.17) is 14.2 Å². The zero-order chi connectivity index (χ0) is 18.4. The molecule has 0 atom stereocenters. The lowest BCUT2D eigenvalue weighted by Gasteiger charge is -2.25. The van der Waals surface area contributed by atoms with Crippen molar-refractivity contribution in [3.05, 3.63) is 17.2 Å². The maximum Gasteiger partial charge on any atom is 0.308 e. The van der Waals surface area contributed by atoms with Crippen molar-refractivity contribution in [3.8, 4) is 11.5 Å². The molecule has 1 rings (SSSR count). The quantitative estimate of drug-likeness (QED) is 0.584. The van der Waals surface area contributed by atoms with E-state index in [1.165, 1.54) is 32.8 Å². The monoisotopic (exact) mass is 337 g/mol. The minimum atomic E-state index is -0.463. The van der Waals surface area contributed by atoms with Gasteiger partial charge in [-0.25, -0.2) is 0 Å². The van der Waals surface area contributed by atoms with Crippen molar-refractivity contribution < 1.29 is 28.6 Å². The van der Waals surface area contributed by atoms with Gasteiger partial charge in [0.1, 0.15) is 18.1 Å². The molecule has 0 heterocycles. The summed E-state index contributed by atoms with van der Waals surface area (Å²) in [7, 11) is 1.50. The summed E-state index contributed by atoms with van der Waals surface area (Å²) in [4.78, 5) is 35.8. The predicted octanol–water partition coefficient (Wildman–Crippen LogP) is 2.15. The molecule has 132 valence electrons. The Morgan fingerprint density at radius 1 is 1.04 bits per heavy atom. The molecule has 1 aromatic carbocycles. The summed E-state index contributed by atoms with van der Waals surface area (Å²) in [6, 6.07) is 1.70. The van der Waals surface area contributed by atoms with Crippen molar-refractivity contribution >= 4 is 23.5 Å². The van der Waals surface area contributed by atoms with Crippen LogP contribution in [0.5, 0.6) is 11.5 Å². The molecule has 1 aromatic rings. The Labute approximate surface area is 141 Å². The highest BCUT2D eigenvalue weighted by Gasteiger charge is 2.22. The molecule has 0 aliphatic carbocycles. The topological polar surface area (TPSA) is 82.1 Å². The molecule has 0 unspecified atom stereocenters. The minimum Gasteiger partial charge on any atom is -0.496 e. The normalized spacial score (nSPS) is 10.1. The van der Waals surface area contributed by atoms with Gasteiger partial charge in [-0.2, -0.15) is 0 Å². The first kappa shape index (κ1) is 19.5. The second kappa shape index (κ2) is 8.33. The van der Waals surface area contributed by atoms with Crippen LogP contribution in [0.15, 0.2) is 6.07 Å². The van der Waals surface area contributed by atoms with E-state index in [1.807, 2.05) is 0 Å². The molecule has 0 saturated carbocycles. The number of carbonyl (C=O) groups excluding carboxylic acids is 3. The van der Waals surface area contributed by atoms with E-state index in [9.17, 15) is 14.4 Å². The highest BCUT2D eigenvalue weighted by molar-refractivity contribution is 5.93. The Bertz CT molecular complexity index is 653. The highest BCUT2D eigenvalue weighted by Crippen LogP contribution is 2.38. The van der Waals surface area contributed by atoms with Gasteiger partial charge in [0, 0.05) is 38.0 Å². The fourth-order valence-corrected chi connectivity index (χ4v) is 2.37. The summed E-state index contributed by atoms with van der Waals surface area (Å²) < 4.78 is 15.5. The number of nitrogens with zero attached hydrogens (tertiary/aromatic N) is 1. The molecular weight excluding hydrogens is 314 g/mol. The number of amides is 1. The number of rotatable bonds is 6. The molecule has 0 fully saturated rings. The first-order chi connectivity index (χ1) is 11.2. The number of anilines is 1. The van der Waals surface area contributed by atoms with Crippen LogP contribution in [0, 0.1) is 13.8 Å². The van der Waals surface area contributed by atoms with Gasteiger partial charge in [-0.3, -0.25) is 14.4 Å². The van der Waals surface area contributed by atoms with E-state index in [2.05, 4.69) is 0 Å². The Balaban J connectivity index is 3.34. The molecule has 0 aliphatic heterocycles. The lowest BCUT2D eigenvalue weighted by Crippen LogP contribution is -2.33. The van der Waals surface area contributed by atoms with Crippen LogP contribution in [0.2, 0.25) is 0 Å². The smallest absolute Gasteiger partial charge is 0.308 e. The van der Waals surface area contributed by atoms with Crippen LogP contribution in [-0.4, -0.2) is 38.1 Å². The van der Waals surface area contributed by atoms with Crippen molar-refractivity contribution in [2.45, 2.75) is 34.6 Å². The van der Waals surface area contributed by atoms with Crippen LogP contribution < -0.4 is 14.4 Å². The Morgan fingerprint density at radius 2 is 1.67 bits per heavy atom. The van der Waals surface area contributed by atoms with Gasteiger partial charge in [0.15, 0.2) is 0 Å². The third-order valence-corrected chi connectivity index (χ3v) is 3.46. The molecule has 1 amide bonds. The fraction of sp³-hybridized carbons (Fsp3) is 0.471. The predicted molar refractivity (Wildman–Crippen MR) is 88.4 cm³/mol. The first-order valence-electron chi connectivity index (χ1n) is 7.47. The number of carbonyl (C=O) groups is 3. The van der Waals surface area contributed by atoms with Crippen LogP contribution in [0.4, 0.5) is 5.69 Å². The SMILES string of the molecule is COc1cc(N(CCOC(C)=O)C(C)=O)c(C)c(OC(C)=O)c1C. The van der Waals surface area contributed by atoms with Gasteiger partial charge in [0.25, 0.3) is 0 Å². The van der Waals surface area contributed by atoms with Gasteiger partial charge in [0.2, 0.25) is 5.91 Å².